The third kappa shape index (κ3) is 3.25. The van der Waals surface area contributed by atoms with Gasteiger partial charge in [-0.2, -0.15) is 4.99 Å². The predicted octanol–water partition coefficient (Wildman–Crippen LogP) is 4.40. The highest BCUT2D eigenvalue weighted by molar-refractivity contribution is 7.16. The van der Waals surface area contributed by atoms with Gasteiger partial charge >= 0.3 is 5.91 Å². The summed E-state index contributed by atoms with van der Waals surface area (Å²) in [5.41, 5.74) is 1.30. The average Bonchev–Trinajstić information content (AvgIpc) is 3.35. The van der Waals surface area contributed by atoms with Crippen molar-refractivity contribution in [2.45, 2.75) is 6.54 Å². The van der Waals surface area contributed by atoms with E-state index in [0.717, 1.165) is 15.6 Å². The summed E-state index contributed by atoms with van der Waals surface area (Å²) in [5.74, 6) is 1.54. The maximum absolute atomic E-state index is 12.9. The third-order valence-corrected chi connectivity index (χ3v) is 5.73. The fourth-order valence-corrected chi connectivity index (χ4v) is 4.43. The van der Waals surface area contributed by atoms with Crippen LogP contribution in [-0.4, -0.2) is 31.8 Å². The molecule has 2 heterocycles. The average molecular weight is 424 g/mol. The molecule has 7 nitrogen and oxygen atoms in total. The highest BCUT2D eigenvalue weighted by atomic mass is 32.1. The summed E-state index contributed by atoms with van der Waals surface area (Å²) in [7, 11) is 4.75. The van der Waals surface area contributed by atoms with Gasteiger partial charge in [-0.1, -0.05) is 29.5 Å². The van der Waals surface area contributed by atoms with Crippen LogP contribution in [0.4, 0.5) is 0 Å². The van der Waals surface area contributed by atoms with E-state index >= 15 is 0 Å². The number of nitrogens with zero attached hydrogens (tertiary/aromatic N) is 2. The van der Waals surface area contributed by atoms with Gasteiger partial charge in [-0.25, -0.2) is 0 Å². The second-order valence-electron chi connectivity index (χ2n) is 6.34. The molecular formula is C22H20N2O5S. The van der Waals surface area contributed by atoms with Crippen LogP contribution in [0.1, 0.15) is 10.6 Å². The minimum atomic E-state index is -0.490. The first-order chi connectivity index (χ1) is 14.6. The molecule has 0 bridgehead atoms. The number of benzene rings is 2. The maximum Gasteiger partial charge on any atom is 0.315 e. The molecule has 1 amide bonds. The molecule has 0 spiro atoms. The molecular weight excluding hydrogens is 404 g/mol. The summed E-state index contributed by atoms with van der Waals surface area (Å²) >= 11 is 1.34. The summed E-state index contributed by atoms with van der Waals surface area (Å²) in [5, 5.41) is 0.770. The fourth-order valence-electron chi connectivity index (χ4n) is 3.28. The van der Waals surface area contributed by atoms with E-state index < -0.39 is 5.91 Å². The smallest absolute Gasteiger partial charge is 0.315 e. The molecule has 2 aromatic carbocycles. The minimum absolute atomic E-state index is 0.135. The van der Waals surface area contributed by atoms with E-state index in [9.17, 15) is 4.79 Å². The van der Waals surface area contributed by atoms with Gasteiger partial charge < -0.3 is 23.2 Å². The van der Waals surface area contributed by atoms with E-state index in [0.29, 0.717) is 34.2 Å². The number of rotatable bonds is 6. The number of ether oxygens (including phenoxy) is 3. The Labute approximate surface area is 176 Å². The van der Waals surface area contributed by atoms with Crippen LogP contribution in [-0.2, 0) is 6.54 Å². The molecule has 0 saturated carbocycles. The number of methoxy groups -OCH3 is 3. The quantitative estimate of drug-likeness (QED) is 0.429. The number of hydrogen-bond donors (Lipinski definition) is 0. The molecule has 30 heavy (non-hydrogen) atoms. The van der Waals surface area contributed by atoms with E-state index in [1.54, 1.807) is 39.5 Å². The number of para-hydroxylation sites is 1. The fraction of sp³-hybridized carbons (Fsp3) is 0.182. The van der Waals surface area contributed by atoms with Crippen LogP contribution in [0.3, 0.4) is 0 Å². The molecule has 0 N–H and O–H groups in total. The van der Waals surface area contributed by atoms with Gasteiger partial charge in [0.15, 0.2) is 21.9 Å². The number of carbonyl (C=O) groups is 1. The lowest BCUT2D eigenvalue weighted by atomic mass is 10.2. The van der Waals surface area contributed by atoms with Gasteiger partial charge in [-0.05, 0) is 24.3 Å². The highest BCUT2D eigenvalue weighted by Gasteiger charge is 2.18. The van der Waals surface area contributed by atoms with Crippen LogP contribution in [0.5, 0.6) is 17.2 Å². The number of thiazole rings is 1. The molecule has 8 heteroatoms. The summed E-state index contributed by atoms with van der Waals surface area (Å²) in [6.07, 6.45) is 1.74. The van der Waals surface area contributed by atoms with Crippen molar-refractivity contribution in [1.82, 2.24) is 4.57 Å². The maximum atomic E-state index is 12.9. The van der Waals surface area contributed by atoms with Gasteiger partial charge in [0.1, 0.15) is 21.7 Å². The van der Waals surface area contributed by atoms with E-state index in [2.05, 4.69) is 11.6 Å². The first kappa shape index (κ1) is 19.8. The van der Waals surface area contributed by atoms with Crippen LogP contribution in [0, 0.1) is 0 Å². The Kier molecular flexibility index (Phi) is 5.33. The van der Waals surface area contributed by atoms with Gasteiger partial charge in [0.2, 0.25) is 0 Å². The molecule has 0 unspecified atom stereocenters. The Morgan fingerprint density at radius 3 is 2.57 bits per heavy atom. The Morgan fingerprint density at radius 2 is 1.87 bits per heavy atom. The monoisotopic (exact) mass is 424 g/mol. The molecule has 0 aliphatic carbocycles. The van der Waals surface area contributed by atoms with Crippen LogP contribution in [0.15, 0.2) is 58.5 Å². The Balaban J connectivity index is 1.91. The normalized spacial score (nSPS) is 11.8. The Bertz CT molecular complexity index is 1330. The van der Waals surface area contributed by atoms with E-state index in [4.69, 9.17) is 18.6 Å². The highest BCUT2D eigenvalue weighted by Crippen LogP contribution is 2.35. The lowest BCUT2D eigenvalue weighted by Crippen LogP contribution is -2.16. The molecule has 0 fully saturated rings. The zero-order valence-corrected chi connectivity index (χ0v) is 17.6. The van der Waals surface area contributed by atoms with Gasteiger partial charge in [0.25, 0.3) is 0 Å². The van der Waals surface area contributed by atoms with Crippen LogP contribution < -0.4 is 19.0 Å². The number of carbonyl (C=O) groups excluding carboxylic acids is 1. The SMILES string of the molecule is C=CCn1c(=NC(=O)c2cc3cccc(OC)c3o2)sc2c(OC)ccc(OC)c21. The molecule has 2 aromatic heterocycles. The number of aromatic nitrogens is 1. The lowest BCUT2D eigenvalue weighted by molar-refractivity contribution is 0.0973. The standard InChI is InChI=1S/C22H20N2O5S/c1-5-11-24-18-14(26-2)9-10-16(28-4)20(18)30-22(24)23-21(25)17-12-13-7-6-8-15(27-3)19(13)29-17/h5-10,12H,1,11H2,2-4H3. The van der Waals surface area contributed by atoms with Crippen molar-refractivity contribution in [2.75, 3.05) is 21.3 Å². The number of furan rings is 1. The minimum Gasteiger partial charge on any atom is -0.495 e. The van der Waals surface area contributed by atoms with E-state index in [-0.39, 0.29) is 5.76 Å². The molecule has 0 atom stereocenters. The second kappa shape index (κ2) is 8.08. The molecule has 0 aliphatic heterocycles. The van der Waals surface area contributed by atoms with Gasteiger partial charge in [0, 0.05) is 11.9 Å². The van der Waals surface area contributed by atoms with Gasteiger partial charge in [-0.15, -0.1) is 6.58 Å². The zero-order valence-electron chi connectivity index (χ0n) is 16.8. The lowest BCUT2D eigenvalue weighted by Gasteiger charge is -2.08. The third-order valence-electron chi connectivity index (χ3n) is 4.64. The molecule has 0 aliphatic rings. The number of hydrogen-bond acceptors (Lipinski definition) is 6. The number of allylic oxidation sites excluding steroid dienone is 1. The predicted molar refractivity (Wildman–Crippen MR) is 116 cm³/mol. The number of fused-ring (bicyclic) bond motifs is 2. The molecule has 154 valence electrons. The Morgan fingerprint density at radius 1 is 1.13 bits per heavy atom. The topological polar surface area (TPSA) is 75.2 Å². The summed E-state index contributed by atoms with van der Waals surface area (Å²) < 4.78 is 24.8. The van der Waals surface area contributed by atoms with Crippen molar-refractivity contribution < 1.29 is 23.4 Å². The number of amides is 1. The van der Waals surface area contributed by atoms with Crippen molar-refractivity contribution >= 4 is 38.4 Å². The summed E-state index contributed by atoms with van der Waals surface area (Å²) in [6.45, 7) is 4.27. The largest absolute Gasteiger partial charge is 0.495 e. The first-order valence-electron chi connectivity index (χ1n) is 9.12. The van der Waals surface area contributed by atoms with Crippen LogP contribution in [0.2, 0.25) is 0 Å². The van der Waals surface area contributed by atoms with Gasteiger partial charge in [-0.3, -0.25) is 4.79 Å². The molecule has 4 rings (SSSR count). The van der Waals surface area contributed by atoms with Crippen molar-refractivity contribution in [3.8, 4) is 17.2 Å². The summed E-state index contributed by atoms with van der Waals surface area (Å²) in [4.78, 5) is 17.8. The van der Waals surface area contributed by atoms with Crippen LogP contribution in [0.25, 0.3) is 21.2 Å². The van der Waals surface area contributed by atoms with Crippen molar-refractivity contribution in [3.05, 3.63) is 59.6 Å². The summed E-state index contributed by atoms with van der Waals surface area (Å²) in [6, 6.07) is 10.8. The second-order valence-corrected chi connectivity index (χ2v) is 7.32. The Hall–Kier alpha value is -3.52. The van der Waals surface area contributed by atoms with Crippen molar-refractivity contribution in [1.29, 1.82) is 0 Å². The molecule has 0 radical (unpaired) electrons. The molecule has 4 aromatic rings. The zero-order chi connectivity index (χ0) is 21.3. The van der Waals surface area contributed by atoms with E-state index in [1.807, 2.05) is 28.8 Å². The first-order valence-corrected chi connectivity index (χ1v) is 9.93. The van der Waals surface area contributed by atoms with Crippen molar-refractivity contribution in [2.24, 2.45) is 4.99 Å². The van der Waals surface area contributed by atoms with Crippen molar-refractivity contribution in [3.63, 3.8) is 0 Å². The molecule has 0 saturated heterocycles. The van der Waals surface area contributed by atoms with Crippen LogP contribution >= 0.6 is 11.3 Å². The van der Waals surface area contributed by atoms with E-state index in [1.165, 1.54) is 11.3 Å². The van der Waals surface area contributed by atoms with Gasteiger partial charge in [0.05, 0.1) is 21.3 Å².